The van der Waals surface area contributed by atoms with Crippen LogP contribution in [0.3, 0.4) is 0 Å². The highest BCUT2D eigenvalue weighted by Gasteiger charge is 2.15. The van der Waals surface area contributed by atoms with Crippen LogP contribution in [0.5, 0.6) is 0 Å². The van der Waals surface area contributed by atoms with Crippen LogP contribution >= 0.6 is 27.5 Å². The Morgan fingerprint density at radius 2 is 2.03 bits per heavy atom. The smallest absolute Gasteiger partial charge is 0.261 e. The first-order valence-electron chi connectivity index (χ1n) is 9.95. The summed E-state index contributed by atoms with van der Waals surface area (Å²) < 4.78 is 30.5. The van der Waals surface area contributed by atoms with E-state index in [4.69, 9.17) is 11.6 Å². The maximum Gasteiger partial charge on any atom is 0.261 e. The lowest BCUT2D eigenvalue weighted by Gasteiger charge is -2.15. The van der Waals surface area contributed by atoms with Crippen LogP contribution in [0.1, 0.15) is 27.2 Å². The Hall–Kier alpha value is -2.36. The third-order valence-corrected chi connectivity index (χ3v) is 6.65. The summed E-state index contributed by atoms with van der Waals surface area (Å²) in [6.07, 6.45) is 9.75. The van der Waals surface area contributed by atoms with Crippen LogP contribution in [0.25, 0.3) is 5.82 Å². The van der Waals surface area contributed by atoms with Crippen LogP contribution in [-0.4, -0.2) is 31.5 Å². The van der Waals surface area contributed by atoms with Crippen LogP contribution < -0.4 is 10.0 Å². The van der Waals surface area contributed by atoms with E-state index in [9.17, 15) is 8.42 Å². The largest absolute Gasteiger partial charge is 0.370 e. The molecule has 0 spiro atoms. The number of nitrogens with one attached hydrogen (secondary N) is 2. The van der Waals surface area contributed by atoms with Gasteiger partial charge in [-0.05, 0) is 85.3 Å². The van der Waals surface area contributed by atoms with E-state index in [0.29, 0.717) is 23.1 Å². The summed E-state index contributed by atoms with van der Waals surface area (Å²) in [4.78, 5) is 4.15. The molecule has 7 nitrogen and oxygen atoms in total. The van der Waals surface area contributed by atoms with Gasteiger partial charge >= 0.3 is 0 Å². The van der Waals surface area contributed by atoms with E-state index < -0.39 is 10.0 Å². The van der Waals surface area contributed by atoms with Gasteiger partial charge in [0.15, 0.2) is 5.82 Å². The van der Waals surface area contributed by atoms with Crippen molar-refractivity contribution < 1.29 is 8.42 Å². The fraction of sp³-hybridized carbons (Fsp3) is 0.273. The minimum atomic E-state index is -3.71. The molecule has 172 valence electrons. The fourth-order valence-corrected chi connectivity index (χ4v) is 4.46. The first-order chi connectivity index (χ1) is 15.2. The second-order valence-electron chi connectivity index (χ2n) is 6.93. The van der Waals surface area contributed by atoms with Crippen molar-refractivity contribution >= 4 is 55.9 Å². The van der Waals surface area contributed by atoms with E-state index in [0.717, 1.165) is 16.7 Å². The van der Waals surface area contributed by atoms with Gasteiger partial charge in [-0.15, -0.1) is 0 Å². The number of allylic oxidation sites excluding steroid dienone is 4. The van der Waals surface area contributed by atoms with Gasteiger partial charge in [-0.2, -0.15) is 9.78 Å². The normalized spacial score (nSPS) is 13.9. The number of aromatic nitrogens is 2. The van der Waals surface area contributed by atoms with E-state index in [1.165, 1.54) is 12.1 Å². The zero-order chi connectivity index (χ0) is 23.7. The highest BCUT2D eigenvalue weighted by Crippen LogP contribution is 2.26. The highest BCUT2D eigenvalue weighted by atomic mass is 79.9. The average molecular weight is 541 g/mol. The maximum absolute atomic E-state index is 12.7. The van der Waals surface area contributed by atoms with Crippen molar-refractivity contribution in [3.8, 4) is 0 Å². The van der Waals surface area contributed by atoms with E-state index >= 15 is 0 Å². The van der Waals surface area contributed by atoms with E-state index in [2.05, 4.69) is 42.8 Å². The molecule has 0 aliphatic carbocycles. The molecule has 0 amide bonds. The summed E-state index contributed by atoms with van der Waals surface area (Å²) in [5.41, 5.74) is 0.510. The van der Waals surface area contributed by atoms with Crippen molar-refractivity contribution in [2.45, 2.75) is 32.1 Å². The van der Waals surface area contributed by atoms with Gasteiger partial charge in [-0.1, -0.05) is 30.7 Å². The molecule has 2 aromatic rings. The zero-order valence-electron chi connectivity index (χ0n) is 18.2. The predicted molar refractivity (Wildman–Crippen MR) is 136 cm³/mol. The Labute approximate surface area is 203 Å². The molecule has 1 unspecified atom stereocenters. The molecule has 2 rings (SSSR count). The summed E-state index contributed by atoms with van der Waals surface area (Å²) in [6.45, 7) is 10.0. The lowest BCUT2D eigenvalue weighted by atomic mass is 10.1. The second-order valence-corrected chi connectivity index (χ2v) is 9.91. The number of benzene rings is 1. The molecule has 32 heavy (non-hydrogen) atoms. The Bertz CT molecular complexity index is 1120. The number of nitrogens with zero attached hydrogens (tertiary/aromatic N) is 3. The molecule has 0 aliphatic rings. The van der Waals surface area contributed by atoms with Gasteiger partial charge < -0.3 is 5.32 Å². The van der Waals surface area contributed by atoms with Crippen LogP contribution in [0.15, 0.2) is 74.8 Å². The summed E-state index contributed by atoms with van der Waals surface area (Å²) >= 11 is 9.26. The highest BCUT2D eigenvalue weighted by molar-refractivity contribution is 9.10. The SMILES string of the molecule is C=Nc1c(Br)cnn1/C(=C\C)NCCC(C)/C=C(\C=C/C)NS(=O)(=O)c1ccc(Cl)cc1. The third-order valence-electron chi connectivity index (χ3n) is 4.44. The standard InChI is InChI=1S/C22H27BrClN5O2S/c1-5-7-18(28-32(30,31)19-10-8-17(24)9-11-19)14-16(3)12-13-26-21(6-2)29-22(25-4)20(23)15-27-29/h5-11,14-16,26,28H,4,12-13H2,1-3H3/b7-5-,18-14+,21-6-. The van der Waals surface area contributed by atoms with Gasteiger partial charge in [0.1, 0.15) is 5.82 Å². The monoisotopic (exact) mass is 539 g/mol. The molecule has 1 aromatic heterocycles. The molecule has 10 heteroatoms. The molecular weight excluding hydrogens is 514 g/mol. The van der Waals surface area contributed by atoms with Crippen molar-refractivity contribution in [3.63, 3.8) is 0 Å². The van der Waals surface area contributed by atoms with Gasteiger partial charge in [0, 0.05) is 17.3 Å². The summed E-state index contributed by atoms with van der Waals surface area (Å²) in [5, 5.41) is 8.13. The molecular formula is C22H27BrClN5O2S. The van der Waals surface area contributed by atoms with Gasteiger partial charge in [-0.25, -0.2) is 13.4 Å². The van der Waals surface area contributed by atoms with Crippen LogP contribution in [0, 0.1) is 5.92 Å². The van der Waals surface area contributed by atoms with E-state index in [-0.39, 0.29) is 10.8 Å². The molecule has 0 aliphatic heterocycles. The lowest BCUT2D eigenvalue weighted by Crippen LogP contribution is -2.23. The number of sulfonamides is 1. The minimum Gasteiger partial charge on any atom is -0.370 e. The second kappa shape index (κ2) is 12.0. The van der Waals surface area contributed by atoms with E-state index in [1.54, 1.807) is 35.2 Å². The molecule has 0 radical (unpaired) electrons. The Morgan fingerprint density at radius 1 is 1.34 bits per heavy atom. The molecule has 1 aromatic carbocycles. The molecule has 2 N–H and O–H groups in total. The predicted octanol–water partition coefficient (Wildman–Crippen LogP) is 5.50. The van der Waals surface area contributed by atoms with Crippen molar-refractivity contribution in [1.82, 2.24) is 19.8 Å². The van der Waals surface area contributed by atoms with Crippen molar-refractivity contribution in [1.29, 1.82) is 0 Å². The van der Waals surface area contributed by atoms with Gasteiger partial charge in [0.05, 0.1) is 15.6 Å². The molecule has 0 fully saturated rings. The molecule has 0 saturated heterocycles. The van der Waals surface area contributed by atoms with Crippen molar-refractivity contribution in [3.05, 3.63) is 70.0 Å². The number of rotatable bonds is 11. The minimum absolute atomic E-state index is 0.0982. The van der Waals surface area contributed by atoms with Crippen molar-refractivity contribution in [2.75, 3.05) is 6.54 Å². The fourth-order valence-electron chi connectivity index (χ4n) is 2.89. The van der Waals surface area contributed by atoms with Crippen LogP contribution in [0.4, 0.5) is 5.82 Å². The molecule has 1 atom stereocenters. The number of halogens is 2. The molecule has 0 bridgehead atoms. The first-order valence-corrected chi connectivity index (χ1v) is 12.6. The third kappa shape index (κ3) is 7.08. The summed E-state index contributed by atoms with van der Waals surface area (Å²) in [5.74, 6) is 1.50. The Kier molecular flexibility index (Phi) is 9.74. The van der Waals surface area contributed by atoms with Crippen LogP contribution in [-0.2, 0) is 10.0 Å². The van der Waals surface area contributed by atoms with E-state index in [1.807, 2.05) is 32.9 Å². The molecule has 0 saturated carbocycles. The lowest BCUT2D eigenvalue weighted by molar-refractivity contribution is 0.587. The van der Waals surface area contributed by atoms with Gasteiger partial charge in [0.25, 0.3) is 10.0 Å². The Balaban J connectivity index is 2.05. The summed E-state index contributed by atoms with van der Waals surface area (Å²) in [6, 6.07) is 6.05. The average Bonchev–Trinajstić information content (AvgIpc) is 3.11. The summed E-state index contributed by atoms with van der Waals surface area (Å²) in [7, 11) is -3.71. The van der Waals surface area contributed by atoms with Gasteiger partial charge in [-0.3, -0.25) is 4.72 Å². The number of aliphatic imine (C=N–C) groups is 1. The van der Waals surface area contributed by atoms with Gasteiger partial charge in [0.2, 0.25) is 0 Å². The molecule has 1 heterocycles. The van der Waals surface area contributed by atoms with Crippen LogP contribution in [0.2, 0.25) is 5.02 Å². The topological polar surface area (TPSA) is 88.4 Å². The zero-order valence-corrected chi connectivity index (χ0v) is 21.4. The van der Waals surface area contributed by atoms with Crippen molar-refractivity contribution in [2.24, 2.45) is 10.9 Å². The maximum atomic E-state index is 12.7. The quantitative estimate of drug-likeness (QED) is 0.291. The first kappa shape index (κ1) is 25.9. The Morgan fingerprint density at radius 3 is 2.62 bits per heavy atom. The number of hydrogen-bond donors (Lipinski definition) is 2. The number of hydrogen-bond acceptors (Lipinski definition) is 5.